The van der Waals surface area contributed by atoms with Crippen LogP contribution in [0.2, 0.25) is 0 Å². The highest BCUT2D eigenvalue weighted by molar-refractivity contribution is 5.13. The smallest absolute Gasteiger partial charge is 0.0860 e. The predicted octanol–water partition coefficient (Wildman–Crippen LogP) is 4.18. The standard InChI is InChI=1S/C16H27NO/c1-2-6-14-7-11-15(13-17,12-8-14)16(18)9-4-3-5-10-16/h14,18H,2-12H2,1H3. The molecule has 0 heterocycles. The van der Waals surface area contributed by atoms with E-state index in [9.17, 15) is 10.4 Å². The molecule has 0 unspecified atom stereocenters. The zero-order chi connectivity index (χ0) is 13.1. The van der Waals surface area contributed by atoms with E-state index in [2.05, 4.69) is 13.0 Å². The molecule has 2 aliphatic rings. The maximum absolute atomic E-state index is 10.9. The number of hydrogen-bond acceptors (Lipinski definition) is 2. The molecule has 2 saturated carbocycles. The fourth-order valence-electron chi connectivity index (χ4n) is 4.16. The van der Waals surface area contributed by atoms with Gasteiger partial charge in [-0.2, -0.15) is 5.26 Å². The maximum Gasteiger partial charge on any atom is 0.0860 e. The first-order valence-corrected chi connectivity index (χ1v) is 7.79. The molecule has 0 aromatic rings. The molecule has 102 valence electrons. The monoisotopic (exact) mass is 249 g/mol. The molecule has 2 aliphatic carbocycles. The summed E-state index contributed by atoms with van der Waals surface area (Å²) in [5, 5.41) is 20.6. The Kier molecular flexibility index (Phi) is 4.33. The van der Waals surface area contributed by atoms with E-state index in [4.69, 9.17) is 0 Å². The lowest BCUT2D eigenvalue weighted by Crippen LogP contribution is -2.50. The third-order valence-electron chi connectivity index (χ3n) is 5.44. The first-order valence-electron chi connectivity index (χ1n) is 7.79. The lowest BCUT2D eigenvalue weighted by atomic mass is 9.58. The van der Waals surface area contributed by atoms with E-state index < -0.39 is 11.0 Å². The van der Waals surface area contributed by atoms with Gasteiger partial charge in [0.25, 0.3) is 0 Å². The van der Waals surface area contributed by atoms with Gasteiger partial charge < -0.3 is 5.11 Å². The summed E-state index contributed by atoms with van der Waals surface area (Å²) in [6, 6.07) is 2.54. The van der Waals surface area contributed by atoms with Crippen molar-refractivity contribution in [3.8, 4) is 6.07 Å². The molecule has 18 heavy (non-hydrogen) atoms. The Bertz CT molecular complexity index is 304. The van der Waals surface area contributed by atoms with Gasteiger partial charge in [0.15, 0.2) is 0 Å². The van der Waals surface area contributed by atoms with Gasteiger partial charge in [-0.05, 0) is 44.4 Å². The average molecular weight is 249 g/mol. The molecule has 0 saturated heterocycles. The van der Waals surface area contributed by atoms with E-state index in [-0.39, 0.29) is 0 Å². The van der Waals surface area contributed by atoms with Gasteiger partial charge in [-0.3, -0.25) is 0 Å². The highest BCUT2D eigenvalue weighted by Crippen LogP contribution is 2.52. The Hall–Kier alpha value is -0.550. The van der Waals surface area contributed by atoms with Crippen molar-refractivity contribution in [2.45, 2.75) is 83.2 Å². The van der Waals surface area contributed by atoms with Gasteiger partial charge in [0.1, 0.15) is 0 Å². The van der Waals surface area contributed by atoms with E-state index in [1.54, 1.807) is 0 Å². The number of nitrogens with zero attached hydrogens (tertiary/aromatic N) is 1. The summed E-state index contributed by atoms with van der Waals surface area (Å²) >= 11 is 0. The van der Waals surface area contributed by atoms with E-state index in [0.29, 0.717) is 0 Å². The molecule has 0 atom stereocenters. The normalized spacial score (nSPS) is 35.9. The second-order valence-corrected chi connectivity index (χ2v) is 6.52. The molecule has 0 amide bonds. The molecular formula is C16H27NO. The Morgan fingerprint density at radius 3 is 2.22 bits per heavy atom. The quantitative estimate of drug-likeness (QED) is 0.815. The average Bonchev–Trinajstić information content (AvgIpc) is 2.41. The minimum Gasteiger partial charge on any atom is -0.388 e. The van der Waals surface area contributed by atoms with Crippen molar-refractivity contribution in [3.63, 3.8) is 0 Å². The zero-order valence-electron chi connectivity index (χ0n) is 11.7. The summed E-state index contributed by atoms with van der Waals surface area (Å²) in [6.07, 6.45) is 11.8. The van der Waals surface area contributed by atoms with Gasteiger partial charge in [-0.25, -0.2) is 0 Å². The minimum atomic E-state index is -0.683. The molecule has 2 rings (SSSR count). The zero-order valence-corrected chi connectivity index (χ0v) is 11.7. The molecule has 0 spiro atoms. The summed E-state index contributed by atoms with van der Waals surface area (Å²) in [6.45, 7) is 2.24. The third-order valence-corrected chi connectivity index (χ3v) is 5.44. The molecule has 2 heteroatoms. The molecule has 0 radical (unpaired) electrons. The fourth-order valence-corrected chi connectivity index (χ4v) is 4.16. The van der Waals surface area contributed by atoms with Crippen LogP contribution in [0.1, 0.15) is 77.6 Å². The van der Waals surface area contributed by atoms with Gasteiger partial charge in [0.05, 0.1) is 17.1 Å². The van der Waals surface area contributed by atoms with Crippen molar-refractivity contribution < 1.29 is 5.11 Å². The summed E-state index contributed by atoms with van der Waals surface area (Å²) in [5.41, 5.74) is -1.12. The van der Waals surface area contributed by atoms with Crippen molar-refractivity contribution in [3.05, 3.63) is 0 Å². The molecule has 2 fully saturated rings. The van der Waals surface area contributed by atoms with Gasteiger partial charge in [0.2, 0.25) is 0 Å². The topological polar surface area (TPSA) is 44.0 Å². The molecule has 2 nitrogen and oxygen atoms in total. The van der Waals surface area contributed by atoms with Crippen LogP contribution in [-0.4, -0.2) is 10.7 Å². The Labute approximate surface area is 111 Å². The Morgan fingerprint density at radius 1 is 1.11 bits per heavy atom. The van der Waals surface area contributed by atoms with E-state index >= 15 is 0 Å². The number of rotatable bonds is 3. The van der Waals surface area contributed by atoms with Crippen molar-refractivity contribution in [2.24, 2.45) is 11.3 Å². The molecular weight excluding hydrogens is 222 g/mol. The number of hydrogen-bond donors (Lipinski definition) is 1. The van der Waals surface area contributed by atoms with Crippen LogP contribution in [0.15, 0.2) is 0 Å². The summed E-state index contributed by atoms with van der Waals surface area (Å²) in [5.74, 6) is 0.795. The van der Waals surface area contributed by atoms with Crippen LogP contribution < -0.4 is 0 Å². The van der Waals surface area contributed by atoms with E-state index in [0.717, 1.165) is 57.3 Å². The van der Waals surface area contributed by atoms with Gasteiger partial charge in [-0.1, -0.05) is 39.0 Å². The molecule has 0 aromatic heterocycles. The summed E-state index contributed by atoms with van der Waals surface area (Å²) in [4.78, 5) is 0. The van der Waals surface area contributed by atoms with Crippen LogP contribution in [0, 0.1) is 22.7 Å². The van der Waals surface area contributed by atoms with Gasteiger partial charge in [0, 0.05) is 0 Å². The van der Waals surface area contributed by atoms with E-state index in [1.165, 1.54) is 19.3 Å². The lowest BCUT2D eigenvalue weighted by molar-refractivity contribution is -0.102. The number of aliphatic hydroxyl groups is 1. The van der Waals surface area contributed by atoms with Gasteiger partial charge in [-0.15, -0.1) is 0 Å². The SMILES string of the molecule is CCCC1CCC(C#N)(C2(O)CCCCC2)CC1. The highest BCUT2D eigenvalue weighted by Gasteiger charge is 2.52. The van der Waals surface area contributed by atoms with Crippen LogP contribution in [-0.2, 0) is 0 Å². The fraction of sp³-hybridized carbons (Fsp3) is 0.938. The molecule has 1 N–H and O–H groups in total. The Morgan fingerprint density at radius 2 is 1.72 bits per heavy atom. The molecule has 0 aromatic carbocycles. The predicted molar refractivity (Wildman–Crippen MR) is 72.9 cm³/mol. The number of nitriles is 1. The Balaban J connectivity index is 2.06. The second-order valence-electron chi connectivity index (χ2n) is 6.52. The highest BCUT2D eigenvalue weighted by atomic mass is 16.3. The summed E-state index contributed by atoms with van der Waals surface area (Å²) < 4.78 is 0. The lowest BCUT2D eigenvalue weighted by Gasteiger charge is -2.48. The van der Waals surface area contributed by atoms with Crippen LogP contribution in [0.3, 0.4) is 0 Å². The van der Waals surface area contributed by atoms with E-state index in [1.807, 2.05) is 0 Å². The van der Waals surface area contributed by atoms with Crippen molar-refractivity contribution >= 4 is 0 Å². The van der Waals surface area contributed by atoms with Crippen molar-refractivity contribution in [2.75, 3.05) is 0 Å². The van der Waals surface area contributed by atoms with Crippen LogP contribution in [0.4, 0.5) is 0 Å². The first kappa shape index (κ1) is 13.9. The molecule has 0 bridgehead atoms. The molecule has 0 aliphatic heterocycles. The van der Waals surface area contributed by atoms with Gasteiger partial charge >= 0.3 is 0 Å². The van der Waals surface area contributed by atoms with Crippen molar-refractivity contribution in [1.82, 2.24) is 0 Å². The maximum atomic E-state index is 10.9. The van der Waals surface area contributed by atoms with Crippen molar-refractivity contribution in [1.29, 1.82) is 5.26 Å². The van der Waals surface area contributed by atoms with Crippen LogP contribution in [0.5, 0.6) is 0 Å². The van der Waals surface area contributed by atoms with Crippen LogP contribution in [0.25, 0.3) is 0 Å². The van der Waals surface area contributed by atoms with Crippen LogP contribution >= 0.6 is 0 Å². The summed E-state index contributed by atoms with van der Waals surface area (Å²) in [7, 11) is 0. The first-order chi connectivity index (χ1) is 8.66. The minimum absolute atomic E-state index is 0.433. The largest absolute Gasteiger partial charge is 0.388 e. The third kappa shape index (κ3) is 2.43. The second kappa shape index (κ2) is 5.61.